The third-order valence-electron chi connectivity index (χ3n) is 4.47. The average Bonchev–Trinajstić information content (AvgIpc) is 2.51. The van der Waals surface area contributed by atoms with Crippen LogP contribution in [-0.4, -0.2) is 51.0 Å². The van der Waals surface area contributed by atoms with Crippen LogP contribution in [0.5, 0.6) is 0 Å². The summed E-state index contributed by atoms with van der Waals surface area (Å²) < 4.78 is 23.9. The van der Waals surface area contributed by atoms with Crippen molar-refractivity contribution in [2.24, 2.45) is 0 Å². The van der Waals surface area contributed by atoms with Crippen molar-refractivity contribution in [3.05, 3.63) is 23.8 Å². The molecule has 1 heterocycles. The molecule has 23 heavy (non-hydrogen) atoms. The highest BCUT2D eigenvalue weighted by Gasteiger charge is 2.22. The zero-order valence-electron chi connectivity index (χ0n) is 14.1. The lowest BCUT2D eigenvalue weighted by Gasteiger charge is -2.35. The Balaban J connectivity index is 2.23. The zero-order valence-corrected chi connectivity index (χ0v) is 14.9. The molecule has 0 bridgehead atoms. The first kappa shape index (κ1) is 17.9. The topological polar surface area (TPSA) is 66.5 Å². The maximum Gasteiger partial charge on any atom is 0.177 e. The first-order chi connectivity index (χ1) is 10.8. The number of ketones is 1. The van der Waals surface area contributed by atoms with Gasteiger partial charge in [-0.25, -0.2) is 8.42 Å². The molecule has 1 aliphatic heterocycles. The molecule has 1 aromatic rings. The summed E-state index contributed by atoms with van der Waals surface area (Å²) in [6.45, 7) is 6.42. The molecule has 0 aromatic heterocycles. The minimum absolute atomic E-state index is 0.0686. The number of Topliss-reactive ketones (excluding diaryl/α,β-unsaturated/α-hetero) is 1. The molecular weight excluding hydrogens is 312 g/mol. The lowest BCUT2D eigenvalue weighted by Crippen LogP contribution is -2.43. The lowest BCUT2D eigenvalue weighted by atomic mass is 10.0. The van der Waals surface area contributed by atoms with Gasteiger partial charge in [0.05, 0.1) is 10.6 Å². The largest absolute Gasteiger partial charge is 0.382 e. The standard InChI is InChI=1S/C17H26N2O3S/c1-4-19-10-6-5-7-15(19)12-18-16-11-14(13(2)20)8-9-17(16)23(3,21)22/h8-9,11,15,18H,4-7,10,12H2,1-3H3/t15-/m1/s1. The minimum Gasteiger partial charge on any atom is -0.382 e. The van der Waals surface area contributed by atoms with Crippen molar-refractivity contribution in [3.8, 4) is 0 Å². The fraction of sp³-hybridized carbons (Fsp3) is 0.588. The van der Waals surface area contributed by atoms with Gasteiger partial charge in [0, 0.05) is 24.4 Å². The van der Waals surface area contributed by atoms with Crippen molar-refractivity contribution in [2.45, 2.75) is 44.0 Å². The molecule has 0 amide bonds. The Hall–Kier alpha value is -1.40. The fourth-order valence-corrected chi connectivity index (χ4v) is 3.99. The van der Waals surface area contributed by atoms with Gasteiger partial charge in [-0.2, -0.15) is 0 Å². The number of anilines is 1. The number of hydrogen-bond donors (Lipinski definition) is 1. The molecular formula is C17H26N2O3S. The van der Waals surface area contributed by atoms with Crippen molar-refractivity contribution in [1.82, 2.24) is 4.90 Å². The van der Waals surface area contributed by atoms with Crippen molar-refractivity contribution in [1.29, 1.82) is 0 Å². The number of benzene rings is 1. The van der Waals surface area contributed by atoms with Crippen LogP contribution in [-0.2, 0) is 9.84 Å². The maximum atomic E-state index is 12.0. The minimum atomic E-state index is -3.34. The average molecular weight is 338 g/mol. The number of hydrogen-bond acceptors (Lipinski definition) is 5. The van der Waals surface area contributed by atoms with Crippen LogP contribution in [0.1, 0.15) is 43.5 Å². The van der Waals surface area contributed by atoms with Gasteiger partial charge in [0.15, 0.2) is 15.6 Å². The summed E-state index contributed by atoms with van der Waals surface area (Å²) in [6.07, 6.45) is 4.73. The third kappa shape index (κ3) is 4.54. The first-order valence-corrected chi connectivity index (χ1v) is 10.0. The number of carbonyl (C=O) groups is 1. The molecule has 0 spiro atoms. The van der Waals surface area contributed by atoms with Gasteiger partial charge < -0.3 is 5.32 Å². The van der Waals surface area contributed by atoms with E-state index in [2.05, 4.69) is 17.1 Å². The molecule has 128 valence electrons. The van der Waals surface area contributed by atoms with E-state index in [9.17, 15) is 13.2 Å². The number of likely N-dealkylation sites (N-methyl/N-ethyl adjacent to an activating group) is 1. The molecule has 1 fully saturated rings. The first-order valence-electron chi connectivity index (χ1n) is 8.16. The van der Waals surface area contributed by atoms with Gasteiger partial charge in [0.25, 0.3) is 0 Å². The number of nitrogens with zero attached hydrogens (tertiary/aromatic N) is 1. The summed E-state index contributed by atoms with van der Waals surface area (Å²) in [6, 6.07) is 5.15. The van der Waals surface area contributed by atoms with Gasteiger partial charge in [-0.3, -0.25) is 9.69 Å². The summed E-state index contributed by atoms with van der Waals surface area (Å²) in [4.78, 5) is 14.3. The van der Waals surface area contributed by atoms with E-state index < -0.39 is 9.84 Å². The second kappa shape index (κ2) is 7.45. The Labute approximate surface area is 139 Å². The number of piperidine rings is 1. The van der Waals surface area contributed by atoms with Crippen molar-refractivity contribution < 1.29 is 13.2 Å². The summed E-state index contributed by atoms with van der Waals surface area (Å²) in [7, 11) is -3.34. The van der Waals surface area contributed by atoms with Crippen molar-refractivity contribution in [2.75, 3.05) is 31.2 Å². The van der Waals surface area contributed by atoms with Crippen LogP contribution in [0.3, 0.4) is 0 Å². The highest BCUT2D eigenvalue weighted by molar-refractivity contribution is 7.90. The highest BCUT2D eigenvalue weighted by atomic mass is 32.2. The van der Waals surface area contributed by atoms with Crippen LogP contribution >= 0.6 is 0 Å². The Morgan fingerprint density at radius 3 is 2.70 bits per heavy atom. The number of likely N-dealkylation sites (tertiary alicyclic amines) is 1. The van der Waals surface area contributed by atoms with E-state index in [-0.39, 0.29) is 10.7 Å². The molecule has 0 unspecified atom stereocenters. The number of nitrogens with one attached hydrogen (secondary N) is 1. The SMILES string of the molecule is CCN1CCCC[C@@H]1CNc1cc(C(C)=O)ccc1S(C)(=O)=O. The molecule has 1 atom stereocenters. The normalized spacial score (nSPS) is 19.5. The van der Waals surface area contributed by atoms with Crippen molar-refractivity contribution in [3.63, 3.8) is 0 Å². The van der Waals surface area contributed by atoms with Crippen LogP contribution in [0.2, 0.25) is 0 Å². The molecule has 1 saturated heterocycles. The van der Waals surface area contributed by atoms with Crippen molar-refractivity contribution >= 4 is 21.3 Å². The molecule has 2 rings (SSSR count). The Bertz CT molecular complexity index is 670. The zero-order chi connectivity index (χ0) is 17.0. The van der Waals surface area contributed by atoms with Crippen LogP contribution in [0, 0.1) is 0 Å². The Morgan fingerprint density at radius 2 is 2.09 bits per heavy atom. The predicted octanol–water partition coefficient (Wildman–Crippen LogP) is 2.58. The fourth-order valence-electron chi connectivity index (χ4n) is 3.15. The van der Waals surface area contributed by atoms with Gasteiger partial charge in [0.2, 0.25) is 0 Å². The van der Waals surface area contributed by atoms with Gasteiger partial charge in [0.1, 0.15) is 0 Å². The second-order valence-electron chi connectivity index (χ2n) is 6.20. The van der Waals surface area contributed by atoms with E-state index >= 15 is 0 Å². The van der Waals surface area contributed by atoms with Crippen LogP contribution in [0.25, 0.3) is 0 Å². The van der Waals surface area contributed by atoms with E-state index in [1.165, 1.54) is 32.1 Å². The number of sulfone groups is 1. The van der Waals surface area contributed by atoms with Gasteiger partial charge in [-0.1, -0.05) is 13.3 Å². The number of rotatable bonds is 6. The van der Waals surface area contributed by atoms with E-state index in [4.69, 9.17) is 0 Å². The van der Waals surface area contributed by atoms with Crippen LogP contribution in [0.15, 0.2) is 23.1 Å². The Kier molecular flexibility index (Phi) is 5.81. The molecule has 6 heteroatoms. The van der Waals surface area contributed by atoms with E-state index in [0.717, 1.165) is 19.5 Å². The highest BCUT2D eigenvalue weighted by Crippen LogP contribution is 2.24. The predicted molar refractivity (Wildman–Crippen MR) is 92.9 cm³/mol. The molecule has 1 aliphatic rings. The molecule has 0 saturated carbocycles. The summed E-state index contributed by atoms with van der Waals surface area (Å²) >= 11 is 0. The summed E-state index contributed by atoms with van der Waals surface area (Å²) in [5, 5.41) is 3.28. The van der Waals surface area contributed by atoms with E-state index in [1.54, 1.807) is 12.1 Å². The van der Waals surface area contributed by atoms with Crippen LogP contribution in [0.4, 0.5) is 5.69 Å². The quantitative estimate of drug-likeness (QED) is 0.808. The van der Waals surface area contributed by atoms with Gasteiger partial charge in [-0.05, 0) is 51.1 Å². The van der Waals surface area contributed by atoms with Crippen LogP contribution < -0.4 is 5.32 Å². The van der Waals surface area contributed by atoms with Gasteiger partial charge >= 0.3 is 0 Å². The molecule has 0 aliphatic carbocycles. The summed E-state index contributed by atoms with van der Waals surface area (Å²) in [5.74, 6) is -0.0686. The maximum absolute atomic E-state index is 12.0. The molecule has 1 N–H and O–H groups in total. The second-order valence-corrected chi connectivity index (χ2v) is 8.18. The molecule has 1 aromatic carbocycles. The Morgan fingerprint density at radius 1 is 1.35 bits per heavy atom. The van der Waals surface area contributed by atoms with Gasteiger partial charge in [-0.15, -0.1) is 0 Å². The monoisotopic (exact) mass is 338 g/mol. The summed E-state index contributed by atoms with van der Waals surface area (Å²) in [5.41, 5.74) is 1.05. The molecule has 0 radical (unpaired) electrons. The van der Waals surface area contributed by atoms with E-state index in [1.807, 2.05) is 0 Å². The number of carbonyl (C=O) groups excluding carboxylic acids is 1. The third-order valence-corrected chi connectivity index (χ3v) is 5.62. The van der Waals surface area contributed by atoms with E-state index in [0.29, 0.717) is 23.8 Å². The lowest BCUT2D eigenvalue weighted by molar-refractivity contribution is 0.101. The molecule has 5 nitrogen and oxygen atoms in total. The smallest absolute Gasteiger partial charge is 0.177 e.